The summed E-state index contributed by atoms with van der Waals surface area (Å²) in [5.74, 6) is 0.883. The molecule has 5 aromatic carbocycles. The molecule has 1 aliphatic heterocycles. The van der Waals surface area contributed by atoms with Crippen LogP contribution in [0.3, 0.4) is 0 Å². The minimum Gasteiger partial charge on any atom is -0.438 e. The molecule has 5 heteroatoms. The van der Waals surface area contributed by atoms with Crippen molar-refractivity contribution in [2.75, 3.05) is 0 Å². The second-order valence-corrected chi connectivity index (χ2v) is 11.6. The number of allylic oxidation sites excluding steroid dienone is 1. The maximum absolute atomic E-state index is 10.4. The minimum atomic E-state index is -2.75. The van der Waals surface area contributed by atoms with Crippen LogP contribution in [0.2, 0.25) is 0 Å². The zero-order valence-corrected chi connectivity index (χ0v) is 21.9. The van der Waals surface area contributed by atoms with Crippen LogP contribution in [0.4, 0.5) is 0 Å². The van der Waals surface area contributed by atoms with Crippen LogP contribution in [0.25, 0.3) is 11.1 Å². The van der Waals surface area contributed by atoms with Crippen LogP contribution in [0.1, 0.15) is 5.56 Å². The van der Waals surface area contributed by atoms with E-state index in [0.717, 1.165) is 27.3 Å². The Kier molecular flexibility index (Phi) is 6.75. The SMILES string of the molecule is N#CC1=C(Oc2cccc(-c3ccccc3)c2)N=P(c2ccccc2)(c2ccccc2)N=C1c1ccccc1. The molecule has 0 spiro atoms. The number of hydrogen-bond acceptors (Lipinski definition) is 4. The maximum Gasteiger partial charge on any atom is 0.240 e. The van der Waals surface area contributed by atoms with Gasteiger partial charge in [-0.2, -0.15) is 10.0 Å². The van der Waals surface area contributed by atoms with E-state index in [1.165, 1.54) is 0 Å². The van der Waals surface area contributed by atoms with Crippen molar-refractivity contribution in [3.05, 3.63) is 163 Å². The molecule has 1 heterocycles. The van der Waals surface area contributed by atoms with Crippen molar-refractivity contribution < 1.29 is 4.74 Å². The Bertz CT molecular complexity index is 1730. The zero-order valence-electron chi connectivity index (χ0n) is 21.1. The summed E-state index contributed by atoms with van der Waals surface area (Å²) in [7, 11) is -2.75. The van der Waals surface area contributed by atoms with Gasteiger partial charge in [0, 0.05) is 16.2 Å². The molecule has 0 bridgehead atoms. The summed E-state index contributed by atoms with van der Waals surface area (Å²) >= 11 is 0. The lowest BCUT2D eigenvalue weighted by Gasteiger charge is -2.27. The number of rotatable bonds is 6. The van der Waals surface area contributed by atoms with Crippen LogP contribution in [-0.2, 0) is 0 Å². The first-order valence-electron chi connectivity index (χ1n) is 12.6. The first-order valence-corrected chi connectivity index (χ1v) is 14.3. The lowest BCUT2D eigenvalue weighted by molar-refractivity contribution is 0.420. The molecule has 1 aliphatic rings. The van der Waals surface area contributed by atoms with Crippen molar-refractivity contribution in [1.29, 1.82) is 5.26 Å². The van der Waals surface area contributed by atoms with Crippen molar-refractivity contribution >= 4 is 23.5 Å². The Balaban J connectivity index is 1.59. The average Bonchev–Trinajstić information content (AvgIpc) is 3.02. The normalized spacial score (nSPS) is 14.1. The molecule has 4 nitrogen and oxygen atoms in total. The molecule has 0 saturated carbocycles. The molecule has 0 aliphatic carbocycles. The van der Waals surface area contributed by atoms with E-state index in [1.54, 1.807) is 0 Å². The highest BCUT2D eigenvalue weighted by Gasteiger charge is 2.33. The van der Waals surface area contributed by atoms with Gasteiger partial charge in [-0.1, -0.05) is 133 Å². The van der Waals surface area contributed by atoms with Gasteiger partial charge in [0.1, 0.15) is 24.6 Å². The summed E-state index contributed by atoms with van der Waals surface area (Å²) in [6, 6.07) is 50.4. The summed E-state index contributed by atoms with van der Waals surface area (Å²) in [6.45, 7) is 0. The molecular formula is C34H24N3OP. The number of nitriles is 1. The van der Waals surface area contributed by atoms with Crippen LogP contribution >= 0.6 is 7.21 Å². The summed E-state index contributed by atoms with van der Waals surface area (Å²) in [6.07, 6.45) is 0. The van der Waals surface area contributed by atoms with Crippen LogP contribution in [0.15, 0.2) is 167 Å². The topological polar surface area (TPSA) is 57.7 Å². The Labute approximate surface area is 228 Å². The van der Waals surface area contributed by atoms with Gasteiger partial charge in [0.2, 0.25) is 5.88 Å². The maximum atomic E-state index is 10.4. The molecule has 5 aromatic rings. The van der Waals surface area contributed by atoms with E-state index in [1.807, 2.05) is 109 Å². The van der Waals surface area contributed by atoms with Gasteiger partial charge in [-0.05, 0) is 23.3 Å². The van der Waals surface area contributed by atoms with E-state index >= 15 is 0 Å². The smallest absolute Gasteiger partial charge is 0.240 e. The van der Waals surface area contributed by atoms with E-state index < -0.39 is 7.21 Å². The van der Waals surface area contributed by atoms with Crippen molar-refractivity contribution in [3.8, 4) is 22.9 Å². The number of hydrogen-bond donors (Lipinski definition) is 0. The van der Waals surface area contributed by atoms with E-state index in [0.29, 0.717) is 17.0 Å². The third-order valence-electron chi connectivity index (χ3n) is 6.48. The molecule has 0 saturated heterocycles. The molecule has 0 atom stereocenters. The predicted molar refractivity (Wildman–Crippen MR) is 160 cm³/mol. The first kappa shape index (κ1) is 24.4. The van der Waals surface area contributed by atoms with Crippen LogP contribution in [0, 0.1) is 11.3 Å². The fraction of sp³-hybridized carbons (Fsp3) is 0. The van der Waals surface area contributed by atoms with Gasteiger partial charge in [0.05, 0.1) is 5.71 Å². The van der Waals surface area contributed by atoms with Crippen LogP contribution < -0.4 is 15.3 Å². The molecule has 0 aromatic heterocycles. The molecule has 6 rings (SSSR count). The fourth-order valence-electron chi connectivity index (χ4n) is 4.60. The second-order valence-electron chi connectivity index (χ2n) is 8.97. The van der Waals surface area contributed by atoms with Gasteiger partial charge in [-0.15, -0.1) is 0 Å². The molecule has 0 unspecified atom stereocenters. The van der Waals surface area contributed by atoms with Crippen molar-refractivity contribution in [2.24, 2.45) is 9.51 Å². The molecule has 0 radical (unpaired) electrons. The van der Waals surface area contributed by atoms with Gasteiger partial charge < -0.3 is 4.74 Å². The van der Waals surface area contributed by atoms with E-state index in [-0.39, 0.29) is 5.88 Å². The lowest BCUT2D eigenvalue weighted by atomic mass is 10.0. The highest BCUT2D eigenvalue weighted by Crippen LogP contribution is 2.53. The van der Waals surface area contributed by atoms with Gasteiger partial charge in [0.15, 0.2) is 0 Å². The summed E-state index contributed by atoms with van der Waals surface area (Å²) in [5.41, 5.74) is 3.85. The third-order valence-corrected chi connectivity index (χ3v) is 9.48. The molecule has 186 valence electrons. The molecule has 0 N–H and O–H groups in total. The Hall–Kier alpha value is -4.97. The second kappa shape index (κ2) is 10.8. The van der Waals surface area contributed by atoms with Gasteiger partial charge >= 0.3 is 0 Å². The minimum absolute atomic E-state index is 0.276. The molecule has 0 amide bonds. The Morgan fingerprint density at radius 3 is 1.64 bits per heavy atom. The van der Waals surface area contributed by atoms with E-state index in [4.69, 9.17) is 14.2 Å². The third kappa shape index (κ3) is 4.84. The van der Waals surface area contributed by atoms with Crippen LogP contribution in [0.5, 0.6) is 5.75 Å². The Morgan fingerprint density at radius 2 is 1.08 bits per heavy atom. The fourth-order valence-corrected chi connectivity index (χ4v) is 7.49. The van der Waals surface area contributed by atoms with Crippen molar-refractivity contribution in [2.45, 2.75) is 0 Å². The highest BCUT2D eigenvalue weighted by molar-refractivity contribution is 7.80. The summed E-state index contributed by atoms with van der Waals surface area (Å²) < 4.78 is 17.1. The predicted octanol–water partition coefficient (Wildman–Crippen LogP) is 7.74. The average molecular weight is 522 g/mol. The molecule has 39 heavy (non-hydrogen) atoms. The summed E-state index contributed by atoms with van der Waals surface area (Å²) in [4.78, 5) is 0. The zero-order chi connectivity index (χ0) is 26.5. The molecule has 0 fully saturated rings. The molecular weight excluding hydrogens is 497 g/mol. The number of ether oxygens (including phenoxy) is 1. The van der Waals surface area contributed by atoms with Gasteiger partial charge in [0.25, 0.3) is 0 Å². The number of benzene rings is 5. The van der Waals surface area contributed by atoms with Crippen molar-refractivity contribution in [1.82, 2.24) is 0 Å². The van der Waals surface area contributed by atoms with E-state index in [9.17, 15) is 5.26 Å². The van der Waals surface area contributed by atoms with Crippen LogP contribution in [-0.4, -0.2) is 5.71 Å². The highest BCUT2D eigenvalue weighted by atomic mass is 31.2. The van der Waals surface area contributed by atoms with Crippen molar-refractivity contribution in [3.63, 3.8) is 0 Å². The first-order chi connectivity index (χ1) is 19.3. The lowest BCUT2D eigenvalue weighted by Crippen LogP contribution is -2.21. The largest absolute Gasteiger partial charge is 0.438 e. The summed E-state index contributed by atoms with van der Waals surface area (Å²) in [5, 5.41) is 12.4. The quantitative estimate of drug-likeness (QED) is 0.215. The standard InChI is InChI=1S/C34H24N3OP/c35-25-32-33(27-16-7-2-8-17-27)36-39(30-20-9-3-10-21-30,31-22-11-4-12-23-31)37-34(32)38-29-19-13-18-28(24-29)26-14-5-1-6-15-26/h1-24H. The Morgan fingerprint density at radius 1 is 0.564 bits per heavy atom. The van der Waals surface area contributed by atoms with E-state index in [2.05, 4.69) is 42.5 Å². The van der Waals surface area contributed by atoms with Gasteiger partial charge in [-0.25, -0.2) is 4.76 Å². The number of nitrogens with zero attached hydrogens (tertiary/aromatic N) is 3. The van der Waals surface area contributed by atoms with Gasteiger partial charge in [-0.3, -0.25) is 0 Å². The monoisotopic (exact) mass is 521 g/mol.